The molecule has 0 spiro atoms. The molecular formula is C10H16N2. The Morgan fingerprint density at radius 2 is 2.17 bits per heavy atom. The monoisotopic (exact) mass is 164 g/mol. The van der Waals surface area contributed by atoms with Crippen molar-refractivity contribution in [3.63, 3.8) is 0 Å². The van der Waals surface area contributed by atoms with Crippen LogP contribution in [0.3, 0.4) is 0 Å². The predicted molar refractivity (Wildman–Crippen MR) is 49.2 cm³/mol. The van der Waals surface area contributed by atoms with Crippen LogP contribution in [0, 0.1) is 0 Å². The van der Waals surface area contributed by atoms with Gasteiger partial charge in [0.15, 0.2) is 0 Å². The molecule has 0 aromatic carbocycles. The maximum atomic E-state index is 4.39. The van der Waals surface area contributed by atoms with E-state index in [1.807, 2.05) is 6.20 Å². The summed E-state index contributed by atoms with van der Waals surface area (Å²) in [6.45, 7) is 6.68. The third kappa shape index (κ3) is 1.15. The van der Waals surface area contributed by atoms with E-state index >= 15 is 0 Å². The number of rotatable bonds is 2. The first-order valence-electron chi connectivity index (χ1n) is 4.67. The third-order valence-electron chi connectivity index (χ3n) is 2.80. The van der Waals surface area contributed by atoms with E-state index in [1.165, 1.54) is 18.4 Å². The Balaban J connectivity index is 2.25. The summed E-state index contributed by atoms with van der Waals surface area (Å²) in [5.41, 5.74) is 1.70. The number of nitrogens with zero attached hydrogens (tertiary/aromatic N) is 2. The largest absolute Gasteiger partial charge is 0.267 e. The van der Waals surface area contributed by atoms with Crippen molar-refractivity contribution in [2.45, 2.75) is 45.1 Å². The fourth-order valence-corrected chi connectivity index (χ4v) is 1.34. The lowest BCUT2D eigenvalue weighted by molar-refractivity contribution is 0.472. The number of hydrogen-bond donors (Lipinski definition) is 0. The molecule has 2 rings (SSSR count). The van der Waals surface area contributed by atoms with Gasteiger partial charge in [0, 0.05) is 6.20 Å². The van der Waals surface area contributed by atoms with E-state index in [2.05, 4.69) is 36.7 Å². The summed E-state index contributed by atoms with van der Waals surface area (Å²) in [6.07, 6.45) is 6.75. The van der Waals surface area contributed by atoms with Crippen molar-refractivity contribution in [3.8, 4) is 0 Å². The van der Waals surface area contributed by atoms with E-state index in [0.717, 1.165) is 0 Å². The van der Waals surface area contributed by atoms with Crippen molar-refractivity contribution in [2.75, 3.05) is 0 Å². The molecule has 0 aliphatic heterocycles. The maximum Gasteiger partial charge on any atom is 0.0601 e. The summed E-state index contributed by atoms with van der Waals surface area (Å²) in [7, 11) is 0. The molecule has 0 unspecified atom stereocenters. The van der Waals surface area contributed by atoms with Gasteiger partial charge in [-0.25, -0.2) is 0 Å². The Hall–Kier alpha value is -0.790. The molecule has 0 N–H and O–H groups in total. The van der Waals surface area contributed by atoms with Gasteiger partial charge in [-0.05, 0) is 31.2 Å². The molecule has 1 heterocycles. The maximum absolute atomic E-state index is 4.39. The second-order valence-electron chi connectivity index (χ2n) is 4.37. The van der Waals surface area contributed by atoms with E-state index in [4.69, 9.17) is 0 Å². The van der Waals surface area contributed by atoms with Gasteiger partial charge < -0.3 is 0 Å². The predicted octanol–water partition coefficient (Wildman–Crippen LogP) is 2.52. The summed E-state index contributed by atoms with van der Waals surface area (Å²) < 4.78 is 2.13. The Bertz CT molecular complexity index is 282. The van der Waals surface area contributed by atoms with Gasteiger partial charge in [0.1, 0.15) is 0 Å². The molecule has 0 saturated heterocycles. The third-order valence-corrected chi connectivity index (χ3v) is 2.80. The minimum atomic E-state index is 0.354. The molecule has 1 fully saturated rings. The van der Waals surface area contributed by atoms with E-state index < -0.39 is 0 Å². The molecule has 2 nitrogen and oxygen atoms in total. The van der Waals surface area contributed by atoms with E-state index in [-0.39, 0.29) is 0 Å². The lowest BCUT2D eigenvalue weighted by atomic mass is 10.1. The van der Waals surface area contributed by atoms with Crippen LogP contribution in [0.15, 0.2) is 12.4 Å². The standard InChI is InChI=1S/C10H16N2/c1-8(2)9-6-11-12(7-9)10(3)4-5-10/h6-8H,4-5H2,1-3H3. The highest BCUT2D eigenvalue weighted by molar-refractivity contribution is 5.12. The zero-order valence-corrected chi connectivity index (χ0v) is 8.04. The summed E-state index contributed by atoms with van der Waals surface area (Å²) in [5.74, 6) is 0.598. The van der Waals surface area contributed by atoms with E-state index in [9.17, 15) is 0 Å². The summed E-state index contributed by atoms with van der Waals surface area (Å²) in [5, 5.41) is 4.39. The van der Waals surface area contributed by atoms with Crippen LogP contribution in [0.2, 0.25) is 0 Å². The van der Waals surface area contributed by atoms with Crippen molar-refractivity contribution in [1.82, 2.24) is 9.78 Å². The fraction of sp³-hybridized carbons (Fsp3) is 0.700. The number of aromatic nitrogens is 2. The molecule has 1 aromatic heterocycles. The van der Waals surface area contributed by atoms with E-state index in [1.54, 1.807) is 0 Å². The highest BCUT2D eigenvalue weighted by Crippen LogP contribution is 2.42. The quantitative estimate of drug-likeness (QED) is 0.656. The molecule has 1 saturated carbocycles. The topological polar surface area (TPSA) is 17.8 Å². The van der Waals surface area contributed by atoms with Crippen LogP contribution in [0.1, 0.15) is 45.1 Å². The molecular weight excluding hydrogens is 148 g/mol. The minimum Gasteiger partial charge on any atom is -0.267 e. The smallest absolute Gasteiger partial charge is 0.0601 e. The average molecular weight is 164 g/mol. The Kier molecular flexibility index (Phi) is 1.53. The van der Waals surface area contributed by atoms with Crippen molar-refractivity contribution in [3.05, 3.63) is 18.0 Å². The van der Waals surface area contributed by atoms with Crippen LogP contribution in [0.4, 0.5) is 0 Å². The Morgan fingerprint density at radius 3 is 2.58 bits per heavy atom. The lowest BCUT2D eigenvalue weighted by Crippen LogP contribution is -2.12. The number of hydrogen-bond acceptors (Lipinski definition) is 1. The molecule has 0 amide bonds. The molecule has 12 heavy (non-hydrogen) atoms. The summed E-state index contributed by atoms with van der Waals surface area (Å²) >= 11 is 0. The van der Waals surface area contributed by atoms with Crippen LogP contribution in [-0.2, 0) is 5.54 Å². The molecule has 1 aliphatic rings. The fourth-order valence-electron chi connectivity index (χ4n) is 1.34. The molecule has 66 valence electrons. The molecule has 1 aliphatic carbocycles. The van der Waals surface area contributed by atoms with Crippen molar-refractivity contribution in [1.29, 1.82) is 0 Å². The first-order chi connectivity index (χ1) is 5.62. The van der Waals surface area contributed by atoms with Crippen LogP contribution in [0.5, 0.6) is 0 Å². The van der Waals surface area contributed by atoms with Gasteiger partial charge in [-0.2, -0.15) is 5.10 Å². The summed E-state index contributed by atoms with van der Waals surface area (Å²) in [4.78, 5) is 0. The van der Waals surface area contributed by atoms with Gasteiger partial charge in [-0.3, -0.25) is 4.68 Å². The van der Waals surface area contributed by atoms with Crippen LogP contribution in [0.25, 0.3) is 0 Å². The second kappa shape index (κ2) is 2.35. The zero-order valence-electron chi connectivity index (χ0n) is 8.04. The summed E-state index contributed by atoms with van der Waals surface area (Å²) in [6, 6.07) is 0. The first-order valence-corrected chi connectivity index (χ1v) is 4.67. The van der Waals surface area contributed by atoms with Crippen molar-refractivity contribution in [2.24, 2.45) is 0 Å². The van der Waals surface area contributed by atoms with Gasteiger partial charge in [0.25, 0.3) is 0 Å². The minimum absolute atomic E-state index is 0.354. The Morgan fingerprint density at radius 1 is 1.50 bits per heavy atom. The zero-order chi connectivity index (χ0) is 8.77. The molecule has 0 bridgehead atoms. The first kappa shape index (κ1) is 7.84. The van der Waals surface area contributed by atoms with Crippen molar-refractivity contribution >= 4 is 0 Å². The lowest BCUT2D eigenvalue weighted by Gasteiger charge is -2.07. The highest BCUT2D eigenvalue weighted by atomic mass is 15.3. The van der Waals surface area contributed by atoms with Crippen LogP contribution < -0.4 is 0 Å². The molecule has 2 heteroatoms. The molecule has 0 atom stereocenters. The highest BCUT2D eigenvalue weighted by Gasteiger charge is 2.40. The second-order valence-corrected chi connectivity index (χ2v) is 4.37. The molecule has 0 radical (unpaired) electrons. The van der Waals surface area contributed by atoms with Gasteiger partial charge in [-0.15, -0.1) is 0 Å². The average Bonchev–Trinajstić information content (AvgIpc) is 2.61. The van der Waals surface area contributed by atoms with Crippen molar-refractivity contribution < 1.29 is 0 Å². The normalized spacial score (nSPS) is 20.0. The van der Waals surface area contributed by atoms with Crippen LogP contribution >= 0.6 is 0 Å². The Labute approximate surface area is 73.6 Å². The van der Waals surface area contributed by atoms with Crippen LogP contribution in [-0.4, -0.2) is 9.78 Å². The van der Waals surface area contributed by atoms with Gasteiger partial charge in [0.05, 0.1) is 11.7 Å². The van der Waals surface area contributed by atoms with E-state index in [0.29, 0.717) is 11.5 Å². The van der Waals surface area contributed by atoms with Gasteiger partial charge in [-0.1, -0.05) is 13.8 Å². The van der Waals surface area contributed by atoms with Gasteiger partial charge in [0.2, 0.25) is 0 Å². The molecule has 1 aromatic rings. The van der Waals surface area contributed by atoms with Gasteiger partial charge >= 0.3 is 0 Å². The SMILES string of the molecule is CC(C)c1cnn(C2(C)CC2)c1.